The maximum atomic E-state index is 13.5. The van der Waals surface area contributed by atoms with Gasteiger partial charge in [0, 0.05) is 29.9 Å². The number of hydrogen-bond donors (Lipinski definition) is 0. The highest BCUT2D eigenvalue weighted by Crippen LogP contribution is 2.54. The second-order valence-electron chi connectivity index (χ2n) is 12.3. The number of allylic oxidation sites excluding steroid dienone is 4. The second kappa shape index (κ2) is 8.62. The molecule has 3 heteroatoms. The van der Waals surface area contributed by atoms with Gasteiger partial charge in [-0.1, -0.05) is 75.2 Å². The van der Waals surface area contributed by atoms with E-state index in [4.69, 9.17) is 4.74 Å². The Morgan fingerprint density at radius 1 is 0.771 bits per heavy atom. The average molecular weight is 469 g/mol. The van der Waals surface area contributed by atoms with E-state index in [-0.39, 0.29) is 28.3 Å². The first-order chi connectivity index (χ1) is 16.5. The standard InChI is InChI=1S/C32H36O3/c1-20-8-6-7-9-22(20)19-35-25-12-10-21(11-13-25)30-28-23(15-31(2,3)17-26(28)33)14-24-16-32(4,5)18-27(34)29(24)30/h6-13,30H,14-19H2,1-5H3. The van der Waals surface area contributed by atoms with Gasteiger partial charge in [-0.15, -0.1) is 0 Å². The van der Waals surface area contributed by atoms with Gasteiger partial charge in [-0.25, -0.2) is 0 Å². The van der Waals surface area contributed by atoms with Crippen molar-refractivity contribution in [1.29, 1.82) is 0 Å². The predicted molar refractivity (Wildman–Crippen MR) is 139 cm³/mol. The fourth-order valence-electron chi connectivity index (χ4n) is 6.40. The van der Waals surface area contributed by atoms with Crippen molar-refractivity contribution in [3.8, 4) is 5.75 Å². The highest BCUT2D eigenvalue weighted by atomic mass is 16.5. The highest BCUT2D eigenvalue weighted by Gasteiger charge is 2.45. The summed E-state index contributed by atoms with van der Waals surface area (Å²) in [5.41, 5.74) is 7.63. The van der Waals surface area contributed by atoms with E-state index in [1.807, 2.05) is 24.3 Å². The van der Waals surface area contributed by atoms with E-state index in [2.05, 4.69) is 58.9 Å². The SMILES string of the molecule is Cc1ccccc1COc1ccc(C2C3=C(CC4=C2C(=O)CC(C)(C)C4)CC(C)(C)CC3=O)cc1. The lowest BCUT2D eigenvalue weighted by atomic mass is 9.59. The molecule has 35 heavy (non-hydrogen) atoms. The van der Waals surface area contributed by atoms with E-state index in [1.165, 1.54) is 22.3 Å². The van der Waals surface area contributed by atoms with Crippen molar-refractivity contribution < 1.29 is 14.3 Å². The quantitative estimate of drug-likeness (QED) is 0.468. The van der Waals surface area contributed by atoms with Crippen molar-refractivity contribution in [3.63, 3.8) is 0 Å². The second-order valence-corrected chi connectivity index (χ2v) is 12.3. The van der Waals surface area contributed by atoms with Crippen LogP contribution in [0.25, 0.3) is 0 Å². The molecule has 0 saturated heterocycles. The lowest BCUT2D eigenvalue weighted by Crippen LogP contribution is -2.36. The summed E-state index contributed by atoms with van der Waals surface area (Å²) in [5, 5.41) is 0. The zero-order chi connectivity index (χ0) is 25.0. The number of carbonyl (C=O) groups is 2. The van der Waals surface area contributed by atoms with Crippen molar-refractivity contribution >= 4 is 11.6 Å². The van der Waals surface area contributed by atoms with Crippen LogP contribution in [0.3, 0.4) is 0 Å². The molecule has 2 aromatic rings. The number of Topliss-reactive ketones (excluding diaryl/α,β-unsaturated/α-hetero) is 2. The molecule has 2 aromatic carbocycles. The van der Waals surface area contributed by atoms with Crippen LogP contribution < -0.4 is 4.74 Å². The molecule has 0 amide bonds. The Hall–Kier alpha value is -2.94. The molecule has 0 aromatic heterocycles. The van der Waals surface area contributed by atoms with Crippen molar-refractivity contribution in [2.75, 3.05) is 0 Å². The van der Waals surface area contributed by atoms with Crippen LogP contribution in [0.1, 0.15) is 82.4 Å². The van der Waals surface area contributed by atoms with Gasteiger partial charge in [0.05, 0.1) is 0 Å². The van der Waals surface area contributed by atoms with E-state index in [9.17, 15) is 9.59 Å². The number of rotatable bonds is 4. The van der Waals surface area contributed by atoms with Gasteiger partial charge in [-0.05, 0) is 65.8 Å². The van der Waals surface area contributed by atoms with Gasteiger partial charge in [0.15, 0.2) is 11.6 Å². The largest absolute Gasteiger partial charge is 0.489 e. The summed E-state index contributed by atoms with van der Waals surface area (Å²) in [5.74, 6) is 0.977. The lowest BCUT2D eigenvalue weighted by Gasteiger charge is -2.43. The maximum absolute atomic E-state index is 13.5. The first-order valence-electron chi connectivity index (χ1n) is 12.8. The van der Waals surface area contributed by atoms with Crippen LogP contribution in [0, 0.1) is 17.8 Å². The molecule has 3 nitrogen and oxygen atoms in total. The number of ether oxygens (including phenoxy) is 1. The summed E-state index contributed by atoms with van der Waals surface area (Å²) < 4.78 is 6.07. The molecule has 3 aliphatic carbocycles. The van der Waals surface area contributed by atoms with Gasteiger partial charge in [0.1, 0.15) is 12.4 Å². The fraction of sp³-hybridized carbons (Fsp3) is 0.438. The monoisotopic (exact) mass is 468 g/mol. The molecule has 0 heterocycles. The Bertz CT molecular complexity index is 1200. The predicted octanol–water partition coefficient (Wildman–Crippen LogP) is 7.43. The Morgan fingerprint density at radius 3 is 1.86 bits per heavy atom. The van der Waals surface area contributed by atoms with Crippen LogP contribution in [0.15, 0.2) is 70.8 Å². The third-order valence-corrected chi connectivity index (χ3v) is 7.90. The number of benzene rings is 2. The Kier molecular flexibility index (Phi) is 5.86. The van der Waals surface area contributed by atoms with Gasteiger partial charge >= 0.3 is 0 Å². The Morgan fingerprint density at radius 2 is 1.31 bits per heavy atom. The third kappa shape index (κ3) is 4.66. The zero-order valence-electron chi connectivity index (χ0n) is 21.7. The molecule has 0 unspecified atom stereocenters. The van der Waals surface area contributed by atoms with Crippen LogP contribution in [0.5, 0.6) is 5.75 Å². The molecular formula is C32H36O3. The molecule has 5 rings (SSSR count). The van der Waals surface area contributed by atoms with Crippen LogP contribution in [0.2, 0.25) is 0 Å². The lowest BCUT2D eigenvalue weighted by molar-refractivity contribution is -0.119. The minimum atomic E-state index is -0.244. The first kappa shape index (κ1) is 23.8. The summed E-state index contributed by atoms with van der Waals surface area (Å²) in [6, 6.07) is 16.3. The smallest absolute Gasteiger partial charge is 0.160 e. The maximum Gasteiger partial charge on any atom is 0.160 e. The topological polar surface area (TPSA) is 43.4 Å². The summed E-state index contributed by atoms with van der Waals surface area (Å²) in [4.78, 5) is 27.0. The third-order valence-electron chi connectivity index (χ3n) is 7.90. The van der Waals surface area contributed by atoms with Crippen LogP contribution in [-0.2, 0) is 16.2 Å². The molecule has 0 saturated carbocycles. The average Bonchev–Trinajstić information content (AvgIpc) is 2.76. The molecule has 0 radical (unpaired) electrons. The van der Waals surface area contributed by atoms with Crippen LogP contribution in [0.4, 0.5) is 0 Å². The number of hydrogen-bond acceptors (Lipinski definition) is 3. The molecular weight excluding hydrogens is 432 g/mol. The number of ketones is 2. The van der Waals surface area contributed by atoms with Crippen LogP contribution >= 0.6 is 0 Å². The Balaban J connectivity index is 1.50. The minimum absolute atomic E-state index is 0.0278. The molecule has 0 aliphatic heterocycles. The molecule has 0 spiro atoms. The minimum Gasteiger partial charge on any atom is -0.489 e. The fourth-order valence-corrected chi connectivity index (χ4v) is 6.40. The van der Waals surface area contributed by atoms with Gasteiger partial charge < -0.3 is 4.74 Å². The van der Waals surface area contributed by atoms with Gasteiger partial charge in [0.25, 0.3) is 0 Å². The summed E-state index contributed by atoms with van der Waals surface area (Å²) in [6.45, 7) is 11.3. The zero-order valence-corrected chi connectivity index (χ0v) is 21.7. The van der Waals surface area contributed by atoms with Gasteiger partial charge in [-0.3, -0.25) is 9.59 Å². The van der Waals surface area contributed by atoms with Crippen molar-refractivity contribution in [1.82, 2.24) is 0 Å². The molecule has 3 aliphatic rings. The molecule has 0 atom stereocenters. The van der Waals surface area contributed by atoms with E-state index < -0.39 is 0 Å². The molecule has 0 fully saturated rings. The van der Waals surface area contributed by atoms with Gasteiger partial charge in [-0.2, -0.15) is 0 Å². The van der Waals surface area contributed by atoms with Crippen LogP contribution in [-0.4, -0.2) is 11.6 Å². The number of aryl methyl sites for hydroxylation is 1. The van der Waals surface area contributed by atoms with Crippen molar-refractivity contribution in [2.24, 2.45) is 10.8 Å². The summed E-state index contributed by atoms with van der Waals surface area (Å²) in [6.07, 6.45) is 3.72. The van der Waals surface area contributed by atoms with E-state index in [1.54, 1.807) is 0 Å². The molecule has 0 bridgehead atoms. The van der Waals surface area contributed by atoms with Crippen molar-refractivity contribution in [2.45, 2.75) is 79.2 Å². The highest BCUT2D eigenvalue weighted by molar-refractivity contribution is 6.07. The summed E-state index contributed by atoms with van der Waals surface area (Å²) >= 11 is 0. The van der Waals surface area contributed by atoms with Crippen molar-refractivity contribution in [3.05, 3.63) is 87.5 Å². The van der Waals surface area contributed by atoms with E-state index in [0.29, 0.717) is 19.4 Å². The number of carbonyl (C=O) groups excluding carboxylic acids is 2. The van der Waals surface area contributed by atoms with E-state index in [0.717, 1.165) is 41.7 Å². The first-order valence-corrected chi connectivity index (χ1v) is 12.8. The molecule has 182 valence electrons. The summed E-state index contributed by atoms with van der Waals surface area (Å²) in [7, 11) is 0. The Labute approximate surface area is 209 Å². The van der Waals surface area contributed by atoms with E-state index >= 15 is 0 Å². The normalized spacial score (nSPS) is 21.6. The molecule has 0 N–H and O–H groups in total. The van der Waals surface area contributed by atoms with Gasteiger partial charge in [0.2, 0.25) is 0 Å².